The summed E-state index contributed by atoms with van der Waals surface area (Å²) < 4.78 is 0. The number of rotatable bonds is 1. The zero-order valence-corrected chi connectivity index (χ0v) is 10.3. The van der Waals surface area contributed by atoms with Crippen molar-refractivity contribution in [3.05, 3.63) is 70.8 Å². The quantitative estimate of drug-likeness (QED) is 0.654. The Morgan fingerprint density at radius 1 is 1.24 bits per heavy atom. The zero-order chi connectivity index (χ0) is 11.7. The van der Waals surface area contributed by atoms with E-state index >= 15 is 0 Å². The van der Waals surface area contributed by atoms with E-state index in [-0.39, 0.29) is 0 Å². The molecular weight excluding hydrogens is 204 g/mol. The van der Waals surface area contributed by atoms with Gasteiger partial charge in [0.05, 0.1) is 0 Å². The van der Waals surface area contributed by atoms with Crippen molar-refractivity contribution < 1.29 is 0 Å². The van der Waals surface area contributed by atoms with E-state index in [1.54, 1.807) is 11.1 Å². The van der Waals surface area contributed by atoms with Gasteiger partial charge in [-0.25, -0.2) is 0 Å². The number of fused-ring (bicyclic) bond motifs is 2. The van der Waals surface area contributed by atoms with Crippen molar-refractivity contribution in [1.29, 1.82) is 0 Å². The molecule has 86 valence electrons. The van der Waals surface area contributed by atoms with Crippen LogP contribution in [0, 0.1) is 0 Å². The summed E-state index contributed by atoms with van der Waals surface area (Å²) in [6, 6.07) is 8.92. The lowest BCUT2D eigenvalue weighted by Gasteiger charge is -2.29. The van der Waals surface area contributed by atoms with Crippen LogP contribution in [0.3, 0.4) is 0 Å². The SMILES string of the molecule is CCC1C2=CC=CCC=C2Cc2ccccc21. The van der Waals surface area contributed by atoms with E-state index in [1.165, 1.54) is 17.5 Å². The molecule has 1 aromatic rings. The first kappa shape index (κ1) is 10.6. The smallest absolute Gasteiger partial charge is 0.00923 e. The van der Waals surface area contributed by atoms with Crippen LogP contribution in [0.15, 0.2) is 59.7 Å². The Morgan fingerprint density at radius 2 is 2.12 bits per heavy atom. The van der Waals surface area contributed by atoms with Gasteiger partial charge in [-0.15, -0.1) is 0 Å². The first-order chi connectivity index (χ1) is 8.40. The third kappa shape index (κ3) is 1.78. The Morgan fingerprint density at radius 3 is 3.00 bits per heavy atom. The first-order valence-corrected chi connectivity index (χ1v) is 6.54. The molecule has 3 rings (SSSR count). The van der Waals surface area contributed by atoms with Crippen molar-refractivity contribution in [1.82, 2.24) is 0 Å². The molecule has 0 heterocycles. The highest BCUT2D eigenvalue weighted by Crippen LogP contribution is 2.41. The molecule has 0 bridgehead atoms. The molecular formula is C17H18. The van der Waals surface area contributed by atoms with Crippen LogP contribution in [-0.4, -0.2) is 0 Å². The van der Waals surface area contributed by atoms with Crippen LogP contribution in [0.25, 0.3) is 0 Å². The molecule has 2 aliphatic carbocycles. The van der Waals surface area contributed by atoms with Crippen molar-refractivity contribution in [2.75, 3.05) is 0 Å². The lowest BCUT2D eigenvalue weighted by atomic mass is 9.75. The normalized spacial score (nSPS) is 22.1. The molecule has 0 N–H and O–H groups in total. The molecule has 0 saturated heterocycles. The highest BCUT2D eigenvalue weighted by atomic mass is 14.3. The third-order valence-corrected chi connectivity index (χ3v) is 3.88. The van der Waals surface area contributed by atoms with Crippen LogP contribution in [0.5, 0.6) is 0 Å². The maximum absolute atomic E-state index is 2.40. The van der Waals surface area contributed by atoms with E-state index in [9.17, 15) is 0 Å². The molecule has 0 fully saturated rings. The number of hydrogen-bond donors (Lipinski definition) is 0. The minimum Gasteiger partial charge on any atom is -0.0807 e. The summed E-state index contributed by atoms with van der Waals surface area (Å²) >= 11 is 0. The lowest BCUT2D eigenvalue weighted by molar-refractivity contribution is 0.727. The van der Waals surface area contributed by atoms with Crippen LogP contribution in [0.2, 0.25) is 0 Å². The second kappa shape index (κ2) is 4.37. The van der Waals surface area contributed by atoms with Crippen LogP contribution < -0.4 is 0 Å². The van der Waals surface area contributed by atoms with Gasteiger partial charge in [0.2, 0.25) is 0 Å². The Labute approximate surface area is 103 Å². The van der Waals surface area contributed by atoms with Gasteiger partial charge in [0.1, 0.15) is 0 Å². The average Bonchev–Trinajstić information content (AvgIpc) is 2.60. The van der Waals surface area contributed by atoms with Crippen LogP contribution in [-0.2, 0) is 6.42 Å². The largest absolute Gasteiger partial charge is 0.0807 e. The fourth-order valence-corrected chi connectivity index (χ4v) is 3.05. The maximum atomic E-state index is 2.40. The average molecular weight is 222 g/mol. The van der Waals surface area contributed by atoms with Gasteiger partial charge in [0, 0.05) is 5.92 Å². The summed E-state index contributed by atoms with van der Waals surface area (Å²) in [4.78, 5) is 0. The van der Waals surface area contributed by atoms with Gasteiger partial charge in [-0.2, -0.15) is 0 Å². The highest BCUT2D eigenvalue weighted by Gasteiger charge is 2.25. The lowest BCUT2D eigenvalue weighted by Crippen LogP contribution is -2.14. The first-order valence-electron chi connectivity index (χ1n) is 6.54. The zero-order valence-electron chi connectivity index (χ0n) is 10.3. The van der Waals surface area contributed by atoms with Crippen molar-refractivity contribution >= 4 is 0 Å². The third-order valence-electron chi connectivity index (χ3n) is 3.88. The van der Waals surface area contributed by atoms with Gasteiger partial charge >= 0.3 is 0 Å². The van der Waals surface area contributed by atoms with Crippen molar-refractivity contribution in [3.63, 3.8) is 0 Å². The fourth-order valence-electron chi connectivity index (χ4n) is 3.05. The summed E-state index contributed by atoms with van der Waals surface area (Å²) in [5, 5.41) is 0. The second-order valence-corrected chi connectivity index (χ2v) is 4.85. The standard InChI is InChI=1S/C17H18/c1-2-15-16-10-5-3-4-8-13(16)12-14-9-6-7-11-17(14)15/h3,5-11,15H,2,4,12H2,1H3. The van der Waals surface area contributed by atoms with E-state index in [0.717, 1.165) is 12.8 Å². The van der Waals surface area contributed by atoms with E-state index in [2.05, 4.69) is 55.5 Å². The van der Waals surface area contributed by atoms with Crippen molar-refractivity contribution in [2.24, 2.45) is 0 Å². The molecule has 0 aromatic heterocycles. The molecule has 1 aromatic carbocycles. The maximum Gasteiger partial charge on any atom is 0.00923 e. The predicted octanol–water partition coefficient (Wildman–Crippen LogP) is 4.55. The van der Waals surface area contributed by atoms with E-state index in [0.29, 0.717) is 5.92 Å². The second-order valence-electron chi connectivity index (χ2n) is 4.85. The molecule has 0 radical (unpaired) electrons. The molecule has 1 unspecified atom stereocenters. The molecule has 0 aliphatic heterocycles. The number of hydrogen-bond acceptors (Lipinski definition) is 0. The molecule has 2 aliphatic rings. The monoisotopic (exact) mass is 222 g/mol. The van der Waals surface area contributed by atoms with Gasteiger partial charge in [-0.05, 0) is 41.5 Å². The van der Waals surface area contributed by atoms with Crippen LogP contribution >= 0.6 is 0 Å². The van der Waals surface area contributed by atoms with Crippen LogP contribution in [0.1, 0.15) is 36.8 Å². The molecule has 0 nitrogen and oxygen atoms in total. The Bertz CT molecular complexity index is 515. The molecule has 0 saturated carbocycles. The summed E-state index contributed by atoms with van der Waals surface area (Å²) in [5.41, 5.74) is 6.14. The van der Waals surface area contributed by atoms with E-state index < -0.39 is 0 Å². The van der Waals surface area contributed by atoms with Gasteiger partial charge < -0.3 is 0 Å². The predicted molar refractivity (Wildman–Crippen MR) is 73.1 cm³/mol. The van der Waals surface area contributed by atoms with Crippen LogP contribution in [0.4, 0.5) is 0 Å². The van der Waals surface area contributed by atoms with E-state index in [4.69, 9.17) is 0 Å². The number of allylic oxidation sites excluding steroid dienone is 6. The van der Waals surface area contributed by atoms with Crippen molar-refractivity contribution in [2.45, 2.75) is 32.1 Å². The minimum atomic E-state index is 0.592. The molecule has 0 spiro atoms. The summed E-state index contributed by atoms with van der Waals surface area (Å²) in [6.45, 7) is 2.29. The summed E-state index contributed by atoms with van der Waals surface area (Å²) in [6.07, 6.45) is 12.6. The topological polar surface area (TPSA) is 0 Å². The Balaban J connectivity index is 2.15. The molecule has 0 heteroatoms. The van der Waals surface area contributed by atoms with Gasteiger partial charge in [0.25, 0.3) is 0 Å². The summed E-state index contributed by atoms with van der Waals surface area (Å²) in [7, 11) is 0. The summed E-state index contributed by atoms with van der Waals surface area (Å²) in [5.74, 6) is 0.592. The highest BCUT2D eigenvalue weighted by molar-refractivity contribution is 5.53. The minimum absolute atomic E-state index is 0.592. The van der Waals surface area contributed by atoms with Gasteiger partial charge in [0.15, 0.2) is 0 Å². The van der Waals surface area contributed by atoms with Crippen molar-refractivity contribution in [3.8, 4) is 0 Å². The van der Waals surface area contributed by atoms with E-state index in [1.807, 2.05) is 0 Å². The molecule has 17 heavy (non-hydrogen) atoms. The Kier molecular flexibility index (Phi) is 2.72. The van der Waals surface area contributed by atoms with Gasteiger partial charge in [-0.1, -0.05) is 55.5 Å². The number of benzene rings is 1. The van der Waals surface area contributed by atoms with Gasteiger partial charge in [-0.3, -0.25) is 0 Å². The Hall–Kier alpha value is -1.56. The fraction of sp³-hybridized carbons (Fsp3) is 0.294. The molecule has 0 amide bonds. The molecule has 1 atom stereocenters.